The number of morpholine rings is 1. The third kappa shape index (κ3) is 5.34. The summed E-state index contributed by atoms with van der Waals surface area (Å²) in [6.07, 6.45) is 0.435. The second kappa shape index (κ2) is 9.07. The number of nitrogens with one attached hydrogen (secondary N) is 1. The number of methoxy groups -OCH3 is 1. The Kier molecular flexibility index (Phi) is 6.51. The molecule has 1 fully saturated rings. The number of ether oxygens (including phenoxy) is 2. The van der Waals surface area contributed by atoms with E-state index < -0.39 is 5.91 Å². The van der Waals surface area contributed by atoms with Crippen LogP contribution in [0.3, 0.4) is 0 Å². The molecule has 1 heterocycles. The number of anilines is 1. The topological polar surface area (TPSA) is 93.9 Å². The highest BCUT2D eigenvalue weighted by atomic mass is 16.5. The van der Waals surface area contributed by atoms with Crippen molar-refractivity contribution in [2.45, 2.75) is 32.6 Å². The van der Waals surface area contributed by atoms with Crippen molar-refractivity contribution in [3.05, 3.63) is 59.2 Å². The van der Waals surface area contributed by atoms with Gasteiger partial charge in [-0.25, -0.2) is 0 Å². The van der Waals surface area contributed by atoms with Crippen LogP contribution in [-0.2, 0) is 11.3 Å². The summed E-state index contributed by atoms with van der Waals surface area (Å²) in [7, 11) is 1.50. The Hall–Kier alpha value is -2.90. The first-order valence-electron chi connectivity index (χ1n) is 9.61. The number of carbonyl (C=O) groups excluding carboxylic acids is 2. The molecule has 2 amide bonds. The molecule has 7 heteroatoms. The van der Waals surface area contributed by atoms with E-state index in [2.05, 4.69) is 24.1 Å². The molecule has 2 atom stereocenters. The Labute approximate surface area is 170 Å². The lowest BCUT2D eigenvalue weighted by Gasteiger charge is -2.35. The molecular formula is C22H27N3O4. The van der Waals surface area contributed by atoms with Gasteiger partial charge in [0.15, 0.2) is 0 Å². The summed E-state index contributed by atoms with van der Waals surface area (Å²) in [4.78, 5) is 26.4. The standard InChI is InChI=1S/C22H27N3O4/c1-14-11-25(12-15(2)29-14)13-16-4-6-17(7-5-16)22(27)24-19-10-18(21(23)26)8-9-20(19)28-3/h4-10,14-15H,11-13H2,1-3H3,(H2,23,26)(H,24,27). The zero-order valence-corrected chi connectivity index (χ0v) is 17.0. The molecule has 2 aromatic rings. The number of carbonyl (C=O) groups is 2. The van der Waals surface area contributed by atoms with Crippen LogP contribution in [0.2, 0.25) is 0 Å². The summed E-state index contributed by atoms with van der Waals surface area (Å²) < 4.78 is 11.0. The number of hydrogen-bond acceptors (Lipinski definition) is 5. The molecule has 1 saturated heterocycles. The number of rotatable bonds is 6. The van der Waals surface area contributed by atoms with E-state index >= 15 is 0 Å². The fraction of sp³-hybridized carbons (Fsp3) is 0.364. The Morgan fingerprint density at radius 3 is 2.31 bits per heavy atom. The van der Waals surface area contributed by atoms with Crippen LogP contribution < -0.4 is 15.8 Å². The lowest BCUT2D eigenvalue weighted by molar-refractivity contribution is -0.0704. The summed E-state index contributed by atoms with van der Waals surface area (Å²) in [5, 5.41) is 2.79. The molecule has 2 aromatic carbocycles. The van der Waals surface area contributed by atoms with E-state index in [1.165, 1.54) is 13.2 Å². The first-order valence-corrected chi connectivity index (χ1v) is 9.61. The summed E-state index contributed by atoms with van der Waals surface area (Å²) in [5.41, 5.74) is 7.67. The lowest BCUT2D eigenvalue weighted by atomic mass is 10.1. The highest BCUT2D eigenvalue weighted by Crippen LogP contribution is 2.26. The van der Waals surface area contributed by atoms with Gasteiger partial charge in [-0.05, 0) is 49.7 Å². The number of nitrogens with zero attached hydrogens (tertiary/aromatic N) is 1. The number of primary amides is 1. The molecule has 1 aliphatic heterocycles. The van der Waals surface area contributed by atoms with E-state index in [9.17, 15) is 9.59 Å². The van der Waals surface area contributed by atoms with Crippen molar-refractivity contribution in [1.82, 2.24) is 4.90 Å². The first-order chi connectivity index (χ1) is 13.9. The summed E-state index contributed by atoms with van der Waals surface area (Å²) >= 11 is 0. The molecule has 0 bridgehead atoms. The van der Waals surface area contributed by atoms with Crippen LogP contribution in [0.1, 0.15) is 40.1 Å². The van der Waals surface area contributed by atoms with E-state index in [1.807, 2.05) is 12.1 Å². The normalized spacial score (nSPS) is 19.6. The van der Waals surface area contributed by atoms with Gasteiger partial charge < -0.3 is 20.5 Å². The van der Waals surface area contributed by atoms with Crippen molar-refractivity contribution in [3.63, 3.8) is 0 Å². The van der Waals surface area contributed by atoms with Crippen molar-refractivity contribution < 1.29 is 19.1 Å². The molecule has 154 valence electrons. The molecule has 0 saturated carbocycles. The minimum Gasteiger partial charge on any atom is -0.495 e. The largest absolute Gasteiger partial charge is 0.495 e. The zero-order chi connectivity index (χ0) is 21.0. The van der Waals surface area contributed by atoms with Crippen LogP contribution in [0.15, 0.2) is 42.5 Å². The predicted molar refractivity (Wildman–Crippen MR) is 111 cm³/mol. The summed E-state index contributed by atoms with van der Waals surface area (Å²) in [6.45, 7) is 6.76. The number of amides is 2. The van der Waals surface area contributed by atoms with Crippen LogP contribution in [0.4, 0.5) is 5.69 Å². The van der Waals surface area contributed by atoms with Crippen molar-refractivity contribution in [2.24, 2.45) is 5.73 Å². The number of hydrogen-bond donors (Lipinski definition) is 2. The average molecular weight is 397 g/mol. The van der Waals surface area contributed by atoms with Crippen molar-refractivity contribution in [1.29, 1.82) is 0 Å². The molecule has 0 aromatic heterocycles. The minimum atomic E-state index is -0.570. The smallest absolute Gasteiger partial charge is 0.255 e. The lowest BCUT2D eigenvalue weighted by Crippen LogP contribution is -2.44. The van der Waals surface area contributed by atoms with Gasteiger partial charge in [0, 0.05) is 30.8 Å². The van der Waals surface area contributed by atoms with Crippen LogP contribution in [0, 0.1) is 0 Å². The quantitative estimate of drug-likeness (QED) is 0.782. The molecular weight excluding hydrogens is 370 g/mol. The second-order valence-corrected chi connectivity index (χ2v) is 7.38. The van der Waals surface area contributed by atoms with Gasteiger partial charge in [0.1, 0.15) is 5.75 Å². The molecule has 0 radical (unpaired) electrons. The van der Waals surface area contributed by atoms with Crippen molar-refractivity contribution in [3.8, 4) is 5.75 Å². The Morgan fingerprint density at radius 2 is 1.72 bits per heavy atom. The maximum atomic E-state index is 12.6. The maximum Gasteiger partial charge on any atom is 0.255 e. The van der Waals surface area contributed by atoms with Crippen LogP contribution in [0.5, 0.6) is 5.75 Å². The van der Waals surface area contributed by atoms with Crippen LogP contribution in [0.25, 0.3) is 0 Å². The zero-order valence-electron chi connectivity index (χ0n) is 17.0. The molecule has 29 heavy (non-hydrogen) atoms. The van der Waals surface area contributed by atoms with Crippen LogP contribution in [-0.4, -0.2) is 49.1 Å². The van der Waals surface area contributed by atoms with Crippen molar-refractivity contribution >= 4 is 17.5 Å². The summed E-state index contributed by atoms with van der Waals surface area (Å²) in [5.74, 6) is -0.403. The van der Waals surface area contributed by atoms with Gasteiger partial charge in [-0.15, -0.1) is 0 Å². The Balaban J connectivity index is 1.68. The van der Waals surface area contributed by atoms with E-state index in [1.54, 1.807) is 24.3 Å². The third-order valence-corrected chi connectivity index (χ3v) is 4.85. The Bertz CT molecular complexity index is 872. The van der Waals surface area contributed by atoms with E-state index in [0.717, 1.165) is 25.2 Å². The van der Waals surface area contributed by atoms with Crippen LogP contribution >= 0.6 is 0 Å². The van der Waals surface area contributed by atoms with Crippen molar-refractivity contribution in [2.75, 3.05) is 25.5 Å². The van der Waals surface area contributed by atoms with Gasteiger partial charge in [0.25, 0.3) is 5.91 Å². The molecule has 2 unspecified atom stereocenters. The maximum absolute atomic E-state index is 12.6. The van der Waals surface area contributed by atoms with Gasteiger partial charge in [-0.3, -0.25) is 14.5 Å². The monoisotopic (exact) mass is 397 g/mol. The second-order valence-electron chi connectivity index (χ2n) is 7.38. The number of nitrogens with two attached hydrogens (primary N) is 1. The van der Waals surface area contributed by atoms with Gasteiger partial charge in [-0.1, -0.05) is 12.1 Å². The van der Waals surface area contributed by atoms with E-state index in [0.29, 0.717) is 22.6 Å². The summed E-state index contributed by atoms with van der Waals surface area (Å²) in [6, 6.07) is 12.2. The van der Waals surface area contributed by atoms with Gasteiger partial charge in [0.2, 0.25) is 5.91 Å². The average Bonchev–Trinajstić information content (AvgIpc) is 2.67. The Morgan fingerprint density at radius 1 is 1.10 bits per heavy atom. The van der Waals surface area contributed by atoms with Gasteiger partial charge >= 0.3 is 0 Å². The molecule has 0 spiro atoms. The van der Waals surface area contributed by atoms with Gasteiger partial charge in [0.05, 0.1) is 25.0 Å². The fourth-order valence-corrected chi connectivity index (χ4v) is 3.59. The SMILES string of the molecule is COc1ccc(C(N)=O)cc1NC(=O)c1ccc(CN2CC(C)OC(C)C2)cc1. The molecule has 0 aliphatic carbocycles. The first kappa shape index (κ1) is 20.8. The molecule has 3 N–H and O–H groups in total. The van der Waals surface area contributed by atoms with E-state index in [-0.39, 0.29) is 18.1 Å². The molecule has 3 rings (SSSR count). The third-order valence-electron chi connectivity index (χ3n) is 4.85. The minimum absolute atomic E-state index is 0.218. The van der Waals surface area contributed by atoms with E-state index in [4.69, 9.17) is 15.2 Å². The highest BCUT2D eigenvalue weighted by Gasteiger charge is 2.22. The predicted octanol–water partition coefficient (Wildman–Crippen LogP) is 2.66. The number of benzene rings is 2. The molecule has 7 nitrogen and oxygen atoms in total. The molecule has 1 aliphatic rings. The fourth-order valence-electron chi connectivity index (χ4n) is 3.59. The van der Waals surface area contributed by atoms with Gasteiger partial charge in [-0.2, -0.15) is 0 Å². The highest BCUT2D eigenvalue weighted by molar-refractivity contribution is 6.06.